The number of benzene rings is 1. The van der Waals surface area contributed by atoms with E-state index in [4.69, 9.17) is 16.3 Å². The van der Waals surface area contributed by atoms with E-state index in [0.29, 0.717) is 17.7 Å². The first kappa shape index (κ1) is 14.6. The highest BCUT2D eigenvalue weighted by molar-refractivity contribution is 6.32. The molecule has 1 aliphatic rings. The van der Waals surface area contributed by atoms with Crippen LogP contribution >= 0.6 is 11.6 Å². The maximum absolute atomic E-state index is 6.05. The number of piperidine rings is 1. The minimum Gasteiger partial charge on any atom is -0.491 e. The molecule has 0 bridgehead atoms. The Kier molecular flexibility index (Phi) is 5.95. The van der Waals surface area contributed by atoms with E-state index in [1.54, 1.807) is 0 Å². The molecular formula is C15H23ClN2O. The number of ether oxygens (including phenoxy) is 1. The summed E-state index contributed by atoms with van der Waals surface area (Å²) in [5.41, 5.74) is 0. The fourth-order valence-electron chi connectivity index (χ4n) is 2.42. The van der Waals surface area contributed by atoms with Crippen molar-refractivity contribution >= 4 is 11.6 Å². The second-order valence-electron chi connectivity index (χ2n) is 5.19. The van der Waals surface area contributed by atoms with Gasteiger partial charge in [-0.25, -0.2) is 0 Å². The topological polar surface area (TPSA) is 24.5 Å². The third-order valence-electron chi connectivity index (χ3n) is 3.51. The number of hydrogen-bond donors (Lipinski definition) is 1. The molecule has 0 spiro atoms. The molecule has 1 fully saturated rings. The Labute approximate surface area is 120 Å². The third-order valence-corrected chi connectivity index (χ3v) is 3.82. The molecule has 0 saturated carbocycles. The number of likely N-dealkylation sites (N-methyl/N-ethyl adjacent to an activating group) is 1. The molecule has 0 amide bonds. The summed E-state index contributed by atoms with van der Waals surface area (Å²) >= 11 is 6.05. The SMILES string of the molecule is CN(CCOc1ccccc1Cl)CC1CCCCN1. The van der Waals surface area contributed by atoms with Gasteiger partial charge in [0.15, 0.2) is 0 Å². The van der Waals surface area contributed by atoms with E-state index in [1.807, 2.05) is 24.3 Å². The summed E-state index contributed by atoms with van der Waals surface area (Å²) in [4.78, 5) is 2.32. The van der Waals surface area contributed by atoms with Crippen LogP contribution < -0.4 is 10.1 Å². The van der Waals surface area contributed by atoms with Gasteiger partial charge in [-0.3, -0.25) is 0 Å². The molecule has 0 aromatic heterocycles. The van der Waals surface area contributed by atoms with Crippen molar-refractivity contribution in [3.8, 4) is 5.75 Å². The lowest BCUT2D eigenvalue weighted by atomic mass is 10.0. The van der Waals surface area contributed by atoms with Crippen LogP contribution in [0.5, 0.6) is 5.75 Å². The fraction of sp³-hybridized carbons (Fsp3) is 0.600. The summed E-state index contributed by atoms with van der Waals surface area (Å²) in [5.74, 6) is 0.772. The van der Waals surface area contributed by atoms with Crippen molar-refractivity contribution in [3.63, 3.8) is 0 Å². The average molecular weight is 283 g/mol. The van der Waals surface area contributed by atoms with E-state index in [9.17, 15) is 0 Å². The number of para-hydroxylation sites is 1. The zero-order chi connectivity index (χ0) is 13.5. The fourth-order valence-corrected chi connectivity index (χ4v) is 2.61. The van der Waals surface area contributed by atoms with Crippen LogP contribution in [0.25, 0.3) is 0 Å². The summed E-state index contributed by atoms with van der Waals surface area (Å²) in [5, 5.41) is 4.24. The van der Waals surface area contributed by atoms with E-state index in [-0.39, 0.29) is 0 Å². The second-order valence-corrected chi connectivity index (χ2v) is 5.60. The largest absolute Gasteiger partial charge is 0.491 e. The number of nitrogens with one attached hydrogen (secondary N) is 1. The quantitative estimate of drug-likeness (QED) is 0.868. The van der Waals surface area contributed by atoms with E-state index in [1.165, 1.54) is 19.3 Å². The molecular weight excluding hydrogens is 260 g/mol. The molecule has 1 aromatic carbocycles. The smallest absolute Gasteiger partial charge is 0.137 e. The maximum atomic E-state index is 6.05. The van der Waals surface area contributed by atoms with Crippen LogP contribution in [0.1, 0.15) is 19.3 Å². The summed E-state index contributed by atoms with van der Waals surface area (Å²) in [6, 6.07) is 8.25. The Morgan fingerprint density at radius 2 is 2.21 bits per heavy atom. The molecule has 0 aliphatic carbocycles. The van der Waals surface area contributed by atoms with Gasteiger partial charge in [-0.05, 0) is 38.6 Å². The lowest BCUT2D eigenvalue weighted by Gasteiger charge is -2.28. The third kappa shape index (κ3) is 5.01. The molecule has 0 radical (unpaired) electrons. The van der Waals surface area contributed by atoms with Crippen LogP contribution in [0.3, 0.4) is 0 Å². The van der Waals surface area contributed by atoms with Crippen LogP contribution in [-0.4, -0.2) is 44.2 Å². The number of halogens is 1. The predicted molar refractivity (Wildman–Crippen MR) is 80.1 cm³/mol. The van der Waals surface area contributed by atoms with Crippen LogP contribution in [0, 0.1) is 0 Å². The molecule has 2 rings (SSSR count). The van der Waals surface area contributed by atoms with E-state index >= 15 is 0 Å². The number of nitrogens with zero attached hydrogens (tertiary/aromatic N) is 1. The van der Waals surface area contributed by atoms with Gasteiger partial charge in [0.05, 0.1) is 5.02 Å². The van der Waals surface area contributed by atoms with Gasteiger partial charge < -0.3 is 15.0 Å². The maximum Gasteiger partial charge on any atom is 0.137 e. The van der Waals surface area contributed by atoms with E-state index in [0.717, 1.165) is 25.4 Å². The lowest BCUT2D eigenvalue weighted by Crippen LogP contribution is -2.43. The number of rotatable bonds is 6. The first-order chi connectivity index (χ1) is 9.25. The second kappa shape index (κ2) is 7.73. The minimum absolute atomic E-state index is 0.638. The summed E-state index contributed by atoms with van der Waals surface area (Å²) in [6.07, 6.45) is 3.95. The highest BCUT2D eigenvalue weighted by Gasteiger charge is 2.14. The molecule has 1 aliphatic heterocycles. The van der Waals surface area contributed by atoms with Gasteiger partial charge in [-0.1, -0.05) is 30.2 Å². The molecule has 1 unspecified atom stereocenters. The Morgan fingerprint density at radius 3 is 2.95 bits per heavy atom. The van der Waals surface area contributed by atoms with Crippen LogP contribution in [0.15, 0.2) is 24.3 Å². The standard InChI is InChI=1S/C15H23ClN2O/c1-18(12-13-6-4-5-9-17-13)10-11-19-15-8-3-2-7-14(15)16/h2-3,7-8,13,17H,4-6,9-12H2,1H3. The Hall–Kier alpha value is -0.770. The molecule has 1 aromatic rings. The van der Waals surface area contributed by atoms with Gasteiger partial charge in [-0.2, -0.15) is 0 Å². The molecule has 19 heavy (non-hydrogen) atoms. The Morgan fingerprint density at radius 1 is 1.37 bits per heavy atom. The zero-order valence-corrected chi connectivity index (χ0v) is 12.3. The van der Waals surface area contributed by atoms with Crippen molar-refractivity contribution < 1.29 is 4.74 Å². The van der Waals surface area contributed by atoms with Gasteiger partial charge in [0.2, 0.25) is 0 Å². The highest BCUT2D eigenvalue weighted by Crippen LogP contribution is 2.22. The van der Waals surface area contributed by atoms with Crippen LogP contribution in [0.2, 0.25) is 5.02 Å². The van der Waals surface area contributed by atoms with Crippen molar-refractivity contribution in [1.29, 1.82) is 0 Å². The van der Waals surface area contributed by atoms with E-state index in [2.05, 4.69) is 17.3 Å². The first-order valence-corrected chi connectivity index (χ1v) is 7.43. The monoisotopic (exact) mass is 282 g/mol. The van der Waals surface area contributed by atoms with Crippen LogP contribution in [0.4, 0.5) is 0 Å². The van der Waals surface area contributed by atoms with Crippen molar-refractivity contribution in [2.75, 3.05) is 33.3 Å². The highest BCUT2D eigenvalue weighted by atomic mass is 35.5. The molecule has 1 heterocycles. The van der Waals surface area contributed by atoms with Crippen LogP contribution in [-0.2, 0) is 0 Å². The predicted octanol–water partition coefficient (Wildman–Crippen LogP) is 2.79. The zero-order valence-electron chi connectivity index (χ0n) is 11.6. The van der Waals surface area contributed by atoms with Crippen molar-refractivity contribution in [2.45, 2.75) is 25.3 Å². The van der Waals surface area contributed by atoms with Gasteiger partial charge in [0.25, 0.3) is 0 Å². The lowest BCUT2D eigenvalue weighted by molar-refractivity contribution is 0.212. The molecule has 4 heteroatoms. The van der Waals surface area contributed by atoms with Gasteiger partial charge in [0, 0.05) is 19.1 Å². The minimum atomic E-state index is 0.638. The van der Waals surface area contributed by atoms with Gasteiger partial charge >= 0.3 is 0 Å². The molecule has 1 saturated heterocycles. The Bertz CT molecular complexity index is 380. The molecule has 3 nitrogen and oxygen atoms in total. The average Bonchev–Trinajstić information content (AvgIpc) is 2.42. The van der Waals surface area contributed by atoms with Gasteiger partial charge in [0.1, 0.15) is 12.4 Å². The van der Waals surface area contributed by atoms with Crippen molar-refractivity contribution in [3.05, 3.63) is 29.3 Å². The van der Waals surface area contributed by atoms with Gasteiger partial charge in [-0.15, -0.1) is 0 Å². The van der Waals surface area contributed by atoms with Crippen molar-refractivity contribution in [1.82, 2.24) is 10.2 Å². The van der Waals surface area contributed by atoms with E-state index < -0.39 is 0 Å². The molecule has 106 valence electrons. The molecule has 1 atom stereocenters. The first-order valence-electron chi connectivity index (χ1n) is 7.05. The summed E-state index contributed by atoms with van der Waals surface area (Å²) < 4.78 is 5.70. The number of hydrogen-bond acceptors (Lipinski definition) is 3. The normalized spacial score (nSPS) is 19.6. The Balaban J connectivity index is 1.66. The van der Waals surface area contributed by atoms with Crippen molar-refractivity contribution in [2.24, 2.45) is 0 Å². The molecule has 1 N–H and O–H groups in total. The summed E-state index contributed by atoms with van der Waals surface area (Å²) in [6.45, 7) is 3.84. The summed E-state index contributed by atoms with van der Waals surface area (Å²) in [7, 11) is 2.15.